The summed E-state index contributed by atoms with van der Waals surface area (Å²) in [5, 5.41) is 2.74. The zero-order chi connectivity index (χ0) is 22.2. The Morgan fingerprint density at radius 3 is 2.56 bits per heavy atom. The maximum absolute atomic E-state index is 13.3. The van der Waals surface area contributed by atoms with E-state index in [0.29, 0.717) is 36.6 Å². The van der Waals surface area contributed by atoms with Gasteiger partial charge >= 0.3 is 0 Å². The fourth-order valence-corrected chi connectivity index (χ4v) is 4.84. The lowest BCUT2D eigenvalue weighted by atomic mass is 9.82. The van der Waals surface area contributed by atoms with E-state index in [1.54, 1.807) is 18.3 Å². The normalized spacial score (nSPS) is 19.2. The van der Waals surface area contributed by atoms with Gasteiger partial charge in [0.25, 0.3) is 11.5 Å². The first-order valence-corrected chi connectivity index (χ1v) is 10.7. The van der Waals surface area contributed by atoms with E-state index < -0.39 is 0 Å². The molecule has 4 heterocycles. The summed E-state index contributed by atoms with van der Waals surface area (Å²) < 4.78 is 1.88. The highest BCUT2D eigenvalue weighted by molar-refractivity contribution is 5.92. The number of nitrogens with one attached hydrogen (secondary N) is 1. The average molecular weight is 429 g/mol. The van der Waals surface area contributed by atoms with Crippen LogP contribution in [0.2, 0.25) is 0 Å². The highest BCUT2D eigenvalue weighted by atomic mass is 16.2. The minimum atomic E-state index is -0.134. The molecule has 8 heteroatoms. The monoisotopic (exact) mass is 429 g/mol. The van der Waals surface area contributed by atoms with Gasteiger partial charge in [0, 0.05) is 61.8 Å². The molecule has 0 aliphatic carbocycles. The van der Waals surface area contributed by atoms with E-state index in [-0.39, 0.29) is 29.2 Å². The van der Waals surface area contributed by atoms with Gasteiger partial charge in [-0.05, 0) is 42.2 Å². The van der Waals surface area contributed by atoms with Crippen LogP contribution in [0, 0.1) is 5.92 Å². The Labute approximate surface area is 184 Å². The third kappa shape index (κ3) is 3.68. The van der Waals surface area contributed by atoms with E-state index >= 15 is 0 Å². The molecule has 2 bridgehead atoms. The zero-order valence-corrected chi connectivity index (χ0v) is 17.7. The van der Waals surface area contributed by atoms with E-state index in [4.69, 9.17) is 0 Å². The van der Waals surface area contributed by atoms with Crippen molar-refractivity contribution in [1.82, 2.24) is 19.4 Å². The number of rotatable bonds is 3. The van der Waals surface area contributed by atoms with Crippen LogP contribution in [0.15, 0.2) is 59.8 Å². The van der Waals surface area contributed by atoms with Crippen LogP contribution >= 0.6 is 0 Å². The number of carbonyl (C=O) groups is 2. The molecule has 2 aliphatic rings. The van der Waals surface area contributed by atoms with Gasteiger partial charge in [0.15, 0.2) is 0 Å². The summed E-state index contributed by atoms with van der Waals surface area (Å²) in [5.74, 6) is 0.0911. The minimum Gasteiger partial charge on any atom is -0.336 e. The molecule has 5 rings (SSSR count). The molecule has 1 N–H and O–H groups in total. The molecule has 2 aliphatic heterocycles. The molecule has 1 aromatic carbocycles. The van der Waals surface area contributed by atoms with Crippen LogP contribution in [0.4, 0.5) is 5.69 Å². The van der Waals surface area contributed by atoms with Gasteiger partial charge in [-0.15, -0.1) is 0 Å². The molecule has 2 aromatic heterocycles. The van der Waals surface area contributed by atoms with Gasteiger partial charge in [-0.25, -0.2) is 4.98 Å². The minimum absolute atomic E-state index is 0.0156. The maximum atomic E-state index is 13.3. The van der Waals surface area contributed by atoms with E-state index in [9.17, 15) is 14.4 Å². The van der Waals surface area contributed by atoms with Crippen molar-refractivity contribution in [2.24, 2.45) is 5.92 Å². The summed E-state index contributed by atoms with van der Waals surface area (Å²) >= 11 is 0. The van der Waals surface area contributed by atoms with Crippen LogP contribution in [-0.2, 0) is 11.3 Å². The highest BCUT2D eigenvalue weighted by Gasteiger charge is 2.37. The number of nitrogens with zero attached hydrogens (tertiary/aromatic N) is 4. The van der Waals surface area contributed by atoms with Gasteiger partial charge in [-0.3, -0.25) is 19.4 Å². The number of hydrogen-bond donors (Lipinski definition) is 1. The van der Waals surface area contributed by atoms with Crippen molar-refractivity contribution >= 4 is 17.5 Å². The Morgan fingerprint density at radius 2 is 1.84 bits per heavy atom. The van der Waals surface area contributed by atoms with Gasteiger partial charge in [0.2, 0.25) is 5.91 Å². The first-order valence-electron chi connectivity index (χ1n) is 10.7. The number of piperidine rings is 1. The summed E-state index contributed by atoms with van der Waals surface area (Å²) in [7, 11) is 0. The fourth-order valence-electron chi connectivity index (χ4n) is 4.84. The molecule has 2 atom stereocenters. The van der Waals surface area contributed by atoms with Gasteiger partial charge in [0.1, 0.15) is 5.69 Å². The standard InChI is InChI=1S/C24H23N5O3/c1-15(30)27-19-4-2-17(3-5-19)20-6-7-22-18-10-16(13-29(22)23(20)31)12-28(14-18)24(32)21-11-25-8-9-26-21/h2-9,11,16,18H,10,12-14H2,1H3,(H,27,30)/t16-,18-/m1/s1. The lowest BCUT2D eigenvalue weighted by Crippen LogP contribution is -2.49. The number of aromatic nitrogens is 3. The fraction of sp³-hybridized carbons (Fsp3) is 0.292. The average Bonchev–Trinajstić information content (AvgIpc) is 2.80. The molecule has 1 fully saturated rings. The van der Waals surface area contributed by atoms with Gasteiger partial charge in [0.05, 0.1) is 6.20 Å². The van der Waals surface area contributed by atoms with E-state index in [1.165, 1.54) is 19.3 Å². The first-order chi connectivity index (χ1) is 15.5. The van der Waals surface area contributed by atoms with Crippen molar-refractivity contribution in [2.75, 3.05) is 18.4 Å². The highest BCUT2D eigenvalue weighted by Crippen LogP contribution is 2.36. The summed E-state index contributed by atoms with van der Waals surface area (Å²) in [6, 6.07) is 11.2. The van der Waals surface area contributed by atoms with Crippen molar-refractivity contribution in [3.8, 4) is 11.1 Å². The number of likely N-dealkylation sites (tertiary alicyclic amines) is 1. The van der Waals surface area contributed by atoms with Gasteiger partial charge in [-0.1, -0.05) is 12.1 Å². The Balaban J connectivity index is 1.42. The summed E-state index contributed by atoms with van der Waals surface area (Å²) in [6.45, 7) is 3.22. The number of anilines is 1. The topological polar surface area (TPSA) is 97.2 Å². The van der Waals surface area contributed by atoms with Crippen molar-refractivity contribution < 1.29 is 9.59 Å². The van der Waals surface area contributed by atoms with Crippen LogP contribution in [0.5, 0.6) is 0 Å². The summed E-state index contributed by atoms with van der Waals surface area (Å²) in [4.78, 5) is 47.4. The molecule has 0 radical (unpaired) electrons. The smallest absolute Gasteiger partial charge is 0.274 e. The second-order valence-corrected chi connectivity index (χ2v) is 8.45. The van der Waals surface area contributed by atoms with Crippen molar-refractivity contribution in [3.63, 3.8) is 0 Å². The third-order valence-electron chi connectivity index (χ3n) is 6.19. The zero-order valence-electron chi connectivity index (χ0n) is 17.7. The molecule has 32 heavy (non-hydrogen) atoms. The molecular formula is C24H23N5O3. The van der Waals surface area contributed by atoms with Crippen LogP contribution in [-0.4, -0.2) is 44.3 Å². The van der Waals surface area contributed by atoms with Gasteiger partial charge < -0.3 is 14.8 Å². The maximum Gasteiger partial charge on any atom is 0.274 e. The number of fused-ring (bicyclic) bond motifs is 4. The summed E-state index contributed by atoms with van der Waals surface area (Å²) in [6.07, 6.45) is 5.54. The quantitative estimate of drug-likeness (QED) is 0.690. The Morgan fingerprint density at radius 1 is 1.03 bits per heavy atom. The first kappa shape index (κ1) is 20.1. The largest absolute Gasteiger partial charge is 0.336 e. The van der Waals surface area contributed by atoms with E-state index in [2.05, 4.69) is 15.3 Å². The Bertz CT molecular complexity index is 1240. The summed E-state index contributed by atoms with van der Waals surface area (Å²) in [5.41, 5.74) is 3.45. The predicted molar refractivity (Wildman–Crippen MR) is 119 cm³/mol. The van der Waals surface area contributed by atoms with Crippen molar-refractivity contribution in [3.05, 3.63) is 76.7 Å². The Hall–Kier alpha value is -3.81. The lowest BCUT2D eigenvalue weighted by Gasteiger charge is -2.42. The number of amides is 2. The number of carbonyl (C=O) groups excluding carboxylic acids is 2. The van der Waals surface area contributed by atoms with Crippen LogP contribution in [0.1, 0.15) is 35.4 Å². The van der Waals surface area contributed by atoms with Crippen molar-refractivity contribution in [2.45, 2.75) is 25.8 Å². The molecule has 0 spiro atoms. The van der Waals surface area contributed by atoms with Gasteiger partial charge in [-0.2, -0.15) is 0 Å². The molecule has 8 nitrogen and oxygen atoms in total. The second kappa shape index (κ2) is 8.03. The number of pyridine rings is 1. The molecular weight excluding hydrogens is 406 g/mol. The second-order valence-electron chi connectivity index (χ2n) is 8.45. The third-order valence-corrected chi connectivity index (χ3v) is 6.19. The lowest BCUT2D eigenvalue weighted by molar-refractivity contribution is -0.114. The molecule has 0 unspecified atom stereocenters. The van der Waals surface area contributed by atoms with Crippen LogP contribution in [0.25, 0.3) is 11.1 Å². The Kier molecular flexibility index (Phi) is 5.05. The number of benzene rings is 1. The van der Waals surface area contributed by atoms with E-state index in [0.717, 1.165) is 17.7 Å². The molecule has 2 amide bonds. The molecule has 0 saturated carbocycles. The predicted octanol–water partition coefficient (Wildman–Crippen LogP) is 2.52. The number of hydrogen-bond acceptors (Lipinski definition) is 5. The molecule has 1 saturated heterocycles. The van der Waals surface area contributed by atoms with E-state index in [1.807, 2.05) is 33.7 Å². The van der Waals surface area contributed by atoms with Crippen LogP contribution < -0.4 is 10.9 Å². The molecule has 162 valence electrons. The SMILES string of the molecule is CC(=O)Nc1ccc(-c2ccc3n(c2=O)C[C@@H]2C[C@@H]3CN(C(=O)c3cnccn3)C2)cc1. The molecule has 3 aromatic rings. The van der Waals surface area contributed by atoms with Crippen LogP contribution in [0.3, 0.4) is 0 Å². The van der Waals surface area contributed by atoms with Crippen molar-refractivity contribution in [1.29, 1.82) is 0 Å².